The third-order valence-electron chi connectivity index (χ3n) is 4.54. The molecule has 1 atom stereocenters. The van der Waals surface area contributed by atoms with Crippen molar-refractivity contribution in [2.24, 2.45) is 0 Å². The Balaban J connectivity index is 1.69. The first-order valence-corrected chi connectivity index (χ1v) is 10.0. The molecule has 1 aliphatic rings. The summed E-state index contributed by atoms with van der Waals surface area (Å²) in [5.74, 6) is -0.00425. The summed E-state index contributed by atoms with van der Waals surface area (Å²) in [6, 6.07) is 15.3. The standard InChI is InChI=1S/C18H21N3O4S/c1-15-13-19(17-7-9-18(10-8-17)21(22)23)11-12-20(15)26(24,25)14-16-5-3-2-4-6-16/h2-10,15H,11-14H2,1H3. The summed E-state index contributed by atoms with van der Waals surface area (Å²) in [5.41, 5.74) is 1.69. The minimum Gasteiger partial charge on any atom is -0.369 e. The van der Waals surface area contributed by atoms with E-state index in [1.165, 1.54) is 12.1 Å². The van der Waals surface area contributed by atoms with Crippen molar-refractivity contribution in [1.82, 2.24) is 4.31 Å². The van der Waals surface area contributed by atoms with E-state index in [1.807, 2.05) is 37.3 Å². The molecule has 0 N–H and O–H groups in total. The molecule has 1 heterocycles. The van der Waals surface area contributed by atoms with Gasteiger partial charge in [0.05, 0.1) is 10.7 Å². The van der Waals surface area contributed by atoms with Gasteiger partial charge in [0.15, 0.2) is 0 Å². The SMILES string of the molecule is CC1CN(c2ccc([N+](=O)[O-])cc2)CCN1S(=O)(=O)Cc1ccccc1. The summed E-state index contributed by atoms with van der Waals surface area (Å²) in [4.78, 5) is 12.4. The van der Waals surface area contributed by atoms with Gasteiger partial charge < -0.3 is 4.90 Å². The van der Waals surface area contributed by atoms with Gasteiger partial charge in [0.25, 0.3) is 5.69 Å². The fraction of sp³-hybridized carbons (Fsp3) is 0.333. The van der Waals surface area contributed by atoms with Crippen LogP contribution in [0.1, 0.15) is 12.5 Å². The number of rotatable bonds is 5. The molecule has 26 heavy (non-hydrogen) atoms. The third kappa shape index (κ3) is 4.03. The Morgan fingerprint density at radius 1 is 1.08 bits per heavy atom. The van der Waals surface area contributed by atoms with E-state index < -0.39 is 14.9 Å². The van der Waals surface area contributed by atoms with Gasteiger partial charge in [-0.15, -0.1) is 0 Å². The van der Waals surface area contributed by atoms with Crippen molar-refractivity contribution in [3.8, 4) is 0 Å². The van der Waals surface area contributed by atoms with Gasteiger partial charge in [-0.3, -0.25) is 10.1 Å². The average molecular weight is 375 g/mol. The molecule has 0 bridgehead atoms. The Hall–Kier alpha value is -2.45. The van der Waals surface area contributed by atoms with Crippen LogP contribution in [-0.4, -0.2) is 43.3 Å². The molecule has 138 valence electrons. The van der Waals surface area contributed by atoms with Crippen LogP contribution in [0.3, 0.4) is 0 Å². The maximum atomic E-state index is 12.8. The topological polar surface area (TPSA) is 83.8 Å². The van der Waals surface area contributed by atoms with E-state index in [9.17, 15) is 18.5 Å². The summed E-state index contributed by atoms with van der Waals surface area (Å²) >= 11 is 0. The molecular weight excluding hydrogens is 354 g/mol. The van der Waals surface area contributed by atoms with Gasteiger partial charge >= 0.3 is 0 Å². The molecule has 0 radical (unpaired) electrons. The molecule has 0 aliphatic carbocycles. The van der Waals surface area contributed by atoms with Gasteiger partial charge in [0.2, 0.25) is 10.0 Å². The molecule has 2 aromatic rings. The maximum Gasteiger partial charge on any atom is 0.269 e. The van der Waals surface area contributed by atoms with Crippen LogP contribution in [0.2, 0.25) is 0 Å². The highest BCUT2D eigenvalue weighted by atomic mass is 32.2. The lowest BCUT2D eigenvalue weighted by Gasteiger charge is -2.40. The second-order valence-electron chi connectivity index (χ2n) is 6.42. The summed E-state index contributed by atoms with van der Waals surface area (Å²) in [5, 5.41) is 10.8. The predicted octanol–water partition coefficient (Wildman–Crippen LogP) is 2.64. The second-order valence-corrected chi connectivity index (χ2v) is 8.34. The first-order valence-electron chi connectivity index (χ1n) is 8.40. The van der Waals surface area contributed by atoms with E-state index in [-0.39, 0.29) is 17.5 Å². The zero-order chi connectivity index (χ0) is 18.7. The second kappa shape index (κ2) is 7.43. The Bertz CT molecular complexity index is 869. The van der Waals surface area contributed by atoms with Gasteiger partial charge in [-0.05, 0) is 24.6 Å². The Morgan fingerprint density at radius 2 is 1.73 bits per heavy atom. The van der Waals surface area contributed by atoms with E-state index in [1.54, 1.807) is 16.4 Å². The fourth-order valence-corrected chi connectivity index (χ4v) is 5.00. The summed E-state index contributed by atoms with van der Waals surface area (Å²) in [7, 11) is -3.39. The van der Waals surface area contributed by atoms with Crippen molar-refractivity contribution < 1.29 is 13.3 Å². The molecule has 0 spiro atoms. The maximum absolute atomic E-state index is 12.8. The van der Waals surface area contributed by atoms with Crippen LogP contribution < -0.4 is 4.90 Å². The van der Waals surface area contributed by atoms with Crippen LogP contribution in [0.4, 0.5) is 11.4 Å². The highest BCUT2D eigenvalue weighted by molar-refractivity contribution is 7.88. The van der Waals surface area contributed by atoms with Gasteiger partial charge in [0.1, 0.15) is 0 Å². The van der Waals surface area contributed by atoms with Gasteiger partial charge in [-0.25, -0.2) is 8.42 Å². The Morgan fingerprint density at radius 3 is 2.31 bits per heavy atom. The molecule has 1 fully saturated rings. The zero-order valence-electron chi connectivity index (χ0n) is 14.5. The molecule has 1 aliphatic heterocycles. The number of hydrogen-bond acceptors (Lipinski definition) is 5. The van der Waals surface area contributed by atoms with Crippen LogP contribution in [0.5, 0.6) is 0 Å². The number of benzene rings is 2. The molecule has 3 rings (SSSR count). The smallest absolute Gasteiger partial charge is 0.269 e. The highest BCUT2D eigenvalue weighted by Gasteiger charge is 2.32. The summed E-state index contributed by atoms with van der Waals surface area (Å²) in [6.07, 6.45) is 0. The van der Waals surface area contributed by atoms with Crippen LogP contribution in [-0.2, 0) is 15.8 Å². The molecule has 0 aromatic heterocycles. The van der Waals surface area contributed by atoms with Crippen LogP contribution >= 0.6 is 0 Å². The summed E-state index contributed by atoms with van der Waals surface area (Å²) < 4.78 is 27.1. The lowest BCUT2D eigenvalue weighted by Crippen LogP contribution is -2.54. The first-order chi connectivity index (χ1) is 12.4. The van der Waals surface area contributed by atoms with Crippen LogP contribution in [0.15, 0.2) is 54.6 Å². The van der Waals surface area contributed by atoms with Crippen molar-refractivity contribution in [2.45, 2.75) is 18.7 Å². The van der Waals surface area contributed by atoms with E-state index >= 15 is 0 Å². The number of sulfonamides is 1. The van der Waals surface area contributed by atoms with E-state index in [0.29, 0.717) is 19.6 Å². The van der Waals surface area contributed by atoms with Gasteiger partial charge in [-0.2, -0.15) is 4.31 Å². The normalized spacial score (nSPS) is 18.7. The van der Waals surface area contributed by atoms with Crippen molar-refractivity contribution in [2.75, 3.05) is 24.5 Å². The number of non-ortho nitro benzene ring substituents is 1. The van der Waals surface area contributed by atoms with Crippen LogP contribution in [0, 0.1) is 10.1 Å². The molecule has 8 heteroatoms. The molecule has 2 aromatic carbocycles. The number of nitro groups is 1. The molecule has 1 saturated heterocycles. The average Bonchev–Trinajstić information content (AvgIpc) is 2.62. The molecular formula is C18H21N3O4S. The zero-order valence-corrected chi connectivity index (χ0v) is 15.3. The lowest BCUT2D eigenvalue weighted by atomic mass is 10.2. The van der Waals surface area contributed by atoms with E-state index in [0.717, 1.165) is 11.3 Å². The third-order valence-corrected chi connectivity index (χ3v) is 6.50. The van der Waals surface area contributed by atoms with Crippen molar-refractivity contribution in [3.05, 3.63) is 70.3 Å². The number of anilines is 1. The number of hydrogen-bond donors (Lipinski definition) is 0. The number of nitro benzene ring substituents is 1. The molecule has 0 saturated carbocycles. The molecule has 0 amide bonds. The van der Waals surface area contributed by atoms with Crippen molar-refractivity contribution in [3.63, 3.8) is 0 Å². The molecule has 7 nitrogen and oxygen atoms in total. The lowest BCUT2D eigenvalue weighted by molar-refractivity contribution is -0.384. The minimum absolute atomic E-state index is 0.00425. The largest absolute Gasteiger partial charge is 0.369 e. The Kier molecular flexibility index (Phi) is 5.24. The van der Waals surface area contributed by atoms with Crippen molar-refractivity contribution in [1.29, 1.82) is 0 Å². The molecule has 1 unspecified atom stereocenters. The van der Waals surface area contributed by atoms with Crippen molar-refractivity contribution >= 4 is 21.4 Å². The predicted molar refractivity (Wildman–Crippen MR) is 101 cm³/mol. The fourth-order valence-electron chi connectivity index (χ4n) is 3.24. The van der Waals surface area contributed by atoms with Crippen LogP contribution in [0.25, 0.3) is 0 Å². The number of piperazine rings is 1. The van der Waals surface area contributed by atoms with E-state index in [4.69, 9.17) is 0 Å². The monoisotopic (exact) mass is 375 g/mol. The number of nitrogens with zero attached hydrogens (tertiary/aromatic N) is 3. The summed E-state index contributed by atoms with van der Waals surface area (Å²) in [6.45, 7) is 3.38. The van der Waals surface area contributed by atoms with Gasteiger partial charge in [0, 0.05) is 43.5 Å². The van der Waals surface area contributed by atoms with Gasteiger partial charge in [-0.1, -0.05) is 30.3 Å². The highest BCUT2D eigenvalue weighted by Crippen LogP contribution is 2.24. The quantitative estimate of drug-likeness (QED) is 0.592. The first kappa shape index (κ1) is 18.3. The minimum atomic E-state index is -3.39. The van der Waals surface area contributed by atoms with E-state index in [2.05, 4.69) is 4.90 Å². The Labute approximate surface area is 153 Å².